The molecule has 1 aromatic rings. The van der Waals surface area contributed by atoms with Crippen molar-refractivity contribution in [2.24, 2.45) is 0 Å². The van der Waals surface area contributed by atoms with Crippen LogP contribution in [0.5, 0.6) is 0 Å². The second-order valence-corrected chi connectivity index (χ2v) is 9.42. The van der Waals surface area contributed by atoms with Gasteiger partial charge in [-0.2, -0.15) is 0 Å². The lowest BCUT2D eigenvalue weighted by atomic mass is 10.1. The maximum Gasteiger partial charge on any atom is 0.175 e. The highest BCUT2D eigenvalue weighted by molar-refractivity contribution is 7.92. The van der Waals surface area contributed by atoms with E-state index in [1.807, 2.05) is 0 Å². The van der Waals surface area contributed by atoms with E-state index in [2.05, 4.69) is 5.32 Å². The van der Waals surface area contributed by atoms with Gasteiger partial charge in [-0.25, -0.2) is 16.8 Å². The number of hydrogen-bond donors (Lipinski definition) is 1. The zero-order chi connectivity index (χ0) is 14.3. The van der Waals surface area contributed by atoms with Gasteiger partial charge in [0.2, 0.25) is 0 Å². The Kier molecular flexibility index (Phi) is 3.72. The minimum Gasteiger partial charge on any atom is -0.308 e. The van der Waals surface area contributed by atoms with Crippen LogP contribution in [0.2, 0.25) is 0 Å². The second kappa shape index (κ2) is 4.88. The SMILES string of the molecule is CC1CNC(c2ccc(S(C)(=O)=O)cc2)CS1(=O)=O. The van der Waals surface area contributed by atoms with E-state index in [9.17, 15) is 16.8 Å². The first-order chi connectivity index (χ1) is 8.70. The van der Waals surface area contributed by atoms with E-state index >= 15 is 0 Å². The Morgan fingerprint density at radius 1 is 1.21 bits per heavy atom. The van der Waals surface area contributed by atoms with Crippen LogP contribution in [0.25, 0.3) is 0 Å². The lowest BCUT2D eigenvalue weighted by Crippen LogP contribution is -2.44. The minimum atomic E-state index is -3.22. The molecular weight excluding hydrogens is 286 g/mol. The second-order valence-electron chi connectivity index (χ2n) is 4.94. The summed E-state index contributed by atoms with van der Waals surface area (Å²) in [6.45, 7) is 2.10. The Bertz CT molecular complexity index is 662. The van der Waals surface area contributed by atoms with E-state index in [-0.39, 0.29) is 21.9 Å². The fourth-order valence-corrected chi connectivity index (χ4v) is 4.14. The maximum absolute atomic E-state index is 11.9. The molecule has 1 aromatic carbocycles. The van der Waals surface area contributed by atoms with Crippen LogP contribution >= 0.6 is 0 Å². The zero-order valence-corrected chi connectivity index (χ0v) is 12.5. The van der Waals surface area contributed by atoms with Gasteiger partial charge in [0.05, 0.1) is 15.9 Å². The van der Waals surface area contributed by atoms with E-state index in [0.29, 0.717) is 6.54 Å². The van der Waals surface area contributed by atoms with Gasteiger partial charge in [0, 0.05) is 18.8 Å². The molecule has 1 heterocycles. The lowest BCUT2D eigenvalue weighted by Gasteiger charge is -2.28. The first-order valence-corrected chi connectivity index (χ1v) is 9.56. The Labute approximate surface area is 113 Å². The van der Waals surface area contributed by atoms with Crippen LogP contribution in [-0.2, 0) is 19.7 Å². The van der Waals surface area contributed by atoms with Crippen molar-refractivity contribution in [1.29, 1.82) is 0 Å². The summed E-state index contributed by atoms with van der Waals surface area (Å²) in [7, 11) is -6.30. The normalized spacial score (nSPS) is 27.1. The van der Waals surface area contributed by atoms with Gasteiger partial charge >= 0.3 is 0 Å². The van der Waals surface area contributed by atoms with Crippen molar-refractivity contribution in [2.45, 2.75) is 23.1 Å². The maximum atomic E-state index is 11.9. The molecule has 106 valence electrons. The third-order valence-corrected chi connectivity index (χ3v) is 6.69. The first kappa shape index (κ1) is 14.5. The molecule has 0 amide bonds. The molecular formula is C12H17NO4S2. The molecule has 1 fully saturated rings. The van der Waals surface area contributed by atoms with Crippen molar-refractivity contribution >= 4 is 19.7 Å². The summed E-state index contributed by atoms with van der Waals surface area (Å²) in [6.07, 6.45) is 1.15. The molecule has 1 aliphatic heterocycles. The highest BCUT2D eigenvalue weighted by Gasteiger charge is 2.31. The van der Waals surface area contributed by atoms with Crippen molar-refractivity contribution < 1.29 is 16.8 Å². The third-order valence-electron chi connectivity index (χ3n) is 3.37. The Hall–Kier alpha value is -0.920. The van der Waals surface area contributed by atoms with Gasteiger partial charge in [0.15, 0.2) is 19.7 Å². The molecule has 0 radical (unpaired) electrons. The largest absolute Gasteiger partial charge is 0.308 e. The summed E-state index contributed by atoms with van der Waals surface area (Å²) in [5, 5.41) is 2.79. The molecule has 7 heteroatoms. The van der Waals surface area contributed by atoms with Gasteiger partial charge in [-0.3, -0.25) is 0 Å². The predicted octanol–water partition coefficient (Wildman–Crippen LogP) is 0.538. The summed E-state index contributed by atoms with van der Waals surface area (Å²) < 4.78 is 46.4. The van der Waals surface area contributed by atoms with Gasteiger partial charge in [-0.15, -0.1) is 0 Å². The van der Waals surface area contributed by atoms with Crippen molar-refractivity contribution in [1.82, 2.24) is 5.32 Å². The van der Waals surface area contributed by atoms with Crippen LogP contribution < -0.4 is 5.32 Å². The molecule has 2 unspecified atom stereocenters. The van der Waals surface area contributed by atoms with E-state index in [1.165, 1.54) is 12.1 Å². The van der Waals surface area contributed by atoms with Gasteiger partial charge in [-0.1, -0.05) is 12.1 Å². The van der Waals surface area contributed by atoms with Crippen molar-refractivity contribution in [3.63, 3.8) is 0 Å². The first-order valence-electron chi connectivity index (χ1n) is 5.95. The molecule has 0 spiro atoms. The molecule has 0 bridgehead atoms. The summed E-state index contributed by atoms with van der Waals surface area (Å²) in [6, 6.07) is 6.09. The van der Waals surface area contributed by atoms with Crippen LogP contribution in [0.3, 0.4) is 0 Å². The fraction of sp³-hybridized carbons (Fsp3) is 0.500. The molecule has 5 nitrogen and oxygen atoms in total. The van der Waals surface area contributed by atoms with Crippen LogP contribution in [0.15, 0.2) is 29.2 Å². The summed E-state index contributed by atoms with van der Waals surface area (Å²) in [4.78, 5) is 0.239. The lowest BCUT2D eigenvalue weighted by molar-refractivity contribution is 0.502. The molecule has 0 saturated carbocycles. The summed E-state index contributed by atoms with van der Waals surface area (Å²) >= 11 is 0. The van der Waals surface area contributed by atoms with E-state index in [4.69, 9.17) is 0 Å². The van der Waals surface area contributed by atoms with Crippen molar-refractivity contribution in [3.8, 4) is 0 Å². The van der Waals surface area contributed by atoms with Crippen LogP contribution in [0.4, 0.5) is 0 Å². The standard InChI is InChI=1S/C12H17NO4S2/c1-9-7-13-12(8-19(9,16)17)10-3-5-11(6-4-10)18(2,14)15/h3-6,9,12-13H,7-8H2,1-2H3. The molecule has 1 saturated heterocycles. The Morgan fingerprint density at radius 3 is 2.26 bits per heavy atom. The Balaban J connectivity index is 2.25. The smallest absolute Gasteiger partial charge is 0.175 e. The number of benzene rings is 1. The monoisotopic (exact) mass is 303 g/mol. The third kappa shape index (κ3) is 3.16. The van der Waals surface area contributed by atoms with E-state index in [0.717, 1.165) is 11.8 Å². The molecule has 1 aliphatic rings. The van der Waals surface area contributed by atoms with Crippen LogP contribution in [0.1, 0.15) is 18.5 Å². The van der Waals surface area contributed by atoms with Crippen molar-refractivity contribution in [2.75, 3.05) is 18.6 Å². The zero-order valence-electron chi connectivity index (χ0n) is 10.8. The molecule has 0 aromatic heterocycles. The highest BCUT2D eigenvalue weighted by Crippen LogP contribution is 2.23. The average molecular weight is 303 g/mol. The molecule has 1 N–H and O–H groups in total. The number of sulfone groups is 2. The summed E-state index contributed by atoms with van der Waals surface area (Å²) in [5.74, 6) is 0.0480. The number of hydrogen-bond acceptors (Lipinski definition) is 5. The van der Waals surface area contributed by atoms with Gasteiger partial charge in [0.1, 0.15) is 0 Å². The van der Waals surface area contributed by atoms with Gasteiger partial charge in [-0.05, 0) is 24.6 Å². The number of rotatable bonds is 2. The van der Waals surface area contributed by atoms with Gasteiger partial charge in [0.25, 0.3) is 0 Å². The van der Waals surface area contributed by atoms with E-state index in [1.54, 1.807) is 19.1 Å². The summed E-state index contributed by atoms with van der Waals surface area (Å²) in [5.41, 5.74) is 0.794. The molecule has 2 atom stereocenters. The average Bonchev–Trinajstić information content (AvgIpc) is 2.32. The molecule has 19 heavy (non-hydrogen) atoms. The number of nitrogens with one attached hydrogen (secondary N) is 1. The van der Waals surface area contributed by atoms with Crippen molar-refractivity contribution in [3.05, 3.63) is 29.8 Å². The quantitative estimate of drug-likeness (QED) is 0.862. The molecule has 2 rings (SSSR count). The topological polar surface area (TPSA) is 80.3 Å². The fourth-order valence-electron chi connectivity index (χ4n) is 2.05. The van der Waals surface area contributed by atoms with Crippen LogP contribution in [-0.4, -0.2) is 40.6 Å². The Morgan fingerprint density at radius 2 is 1.79 bits per heavy atom. The predicted molar refractivity (Wildman–Crippen MR) is 73.5 cm³/mol. The highest BCUT2D eigenvalue weighted by atomic mass is 32.2. The molecule has 0 aliphatic carbocycles. The van der Waals surface area contributed by atoms with E-state index < -0.39 is 19.7 Å². The minimum absolute atomic E-state index is 0.0480. The van der Waals surface area contributed by atoms with Gasteiger partial charge < -0.3 is 5.32 Å². The van der Waals surface area contributed by atoms with Crippen LogP contribution in [0, 0.1) is 0 Å².